The van der Waals surface area contributed by atoms with Crippen LogP contribution in [-0.4, -0.2) is 5.78 Å². The monoisotopic (exact) mass is 274 g/mol. The zero-order chi connectivity index (χ0) is 11.0. The molecule has 0 spiro atoms. The molecule has 0 bridgehead atoms. The highest BCUT2D eigenvalue weighted by atomic mass is 79.9. The van der Waals surface area contributed by atoms with E-state index < -0.39 is 11.6 Å². The first-order chi connectivity index (χ1) is 7.09. The van der Waals surface area contributed by atoms with Crippen molar-refractivity contribution in [2.75, 3.05) is 0 Å². The van der Waals surface area contributed by atoms with Gasteiger partial charge in [0.2, 0.25) is 0 Å². The van der Waals surface area contributed by atoms with Crippen LogP contribution in [0.3, 0.4) is 0 Å². The van der Waals surface area contributed by atoms with Crippen molar-refractivity contribution in [1.82, 2.24) is 0 Å². The molecule has 0 aromatic heterocycles. The van der Waals surface area contributed by atoms with Crippen LogP contribution in [0.1, 0.15) is 18.4 Å². The highest BCUT2D eigenvalue weighted by Gasteiger charge is 2.30. The molecule has 1 saturated carbocycles. The van der Waals surface area contributed by atoms with Crippen LogP contribution in [-0.2, 0) is 11.2 Å². The molecule has 1 aromatic carbocycles. The highest BCUT2D eigenvalue weighted by molar-refractivity contribution is 9.10. The van der Waals surface area contributed by atoms with E-state index in [1.807, 2.05) is 0 Å². The van der Waals surface area contributed by atoms with Crippen molar-refractivity contribution in [3.8, 4) is 0 Å². The summed E-state index contributed by atoms with van der Waals surface area (Å²) in [5.74, 6) is -1.35. The molecule has 80 valence electrons. The lowest BCUT2D eigenvalue weighted by Crippen LogP contribution is -2.08. The fourth-order valence-electron chi connectivity index (χ4n) is 1.45. The predicted octanol–water partition coefficient (Wildman–Crippen LogP) is 3.25. The number of hydrogen-bond acceptors (Lipinski definition) is 1. The van der Waals surface area contributed by atoms with Gasteiger partial charge in [-0.1, -0.05) is 0 Å². The molecule has 0 radical (unpaired) electrons. The quantitative estimate of drug-likeness (QED) is 0.774. The van der Waals surface area contributed by atoms with Crippen molar-refractivity contribution in [2.45, 2.75) is 19.3 Å². The van der Waals surface area contributed by atoms with E-state index in [1.165, 1.54) is 12.1 Å². The molecule has 1 aliphatic carbocycles. The van der Waals surface area contributed by atoms with Crippen molar-refractivity contribution in [1.29, 1.82) is 0 Å². The lowest BCUT2D eigenvalue weighted by molar-refractivity contribution is -0.119. The zero-order valence-corrected chi connectivity index (χ0v) is 9.48. The van der Waals surface area contributed by atoms with E-state index in [0.717, 1.165) is 12.8 Å². The minimum absolute atomic E-state index is 0.0304. The number of benzene rings is 1. The fraction of sp³-hybridized carbons (Fsp3) is 0.364. The highest BCUT2D eigenvalue weighted by Crippen LogP contribution is 2.32. The Bertz CT molecular complexity index is 413. The second-order valence-corrected chi connectivity index (χ2v) is 4.59. The maximum absolute atomic E-state index is 13.5. The Balaban J connectivity index is 2.26. The van der Waals surface area contributed by atoms with Crippen LogP contribution in [0.5, 0.6) is 0 Å². The summed E-state index contributed by atoms with van der Waals surface area (Å²) >= 11 is 2.97. The third-order valence-electron chi connectivity index (χ3n) is 2.52. The van der Waals surface area contributed by atoms with Gasteiger partial charge >= 0.3 is 0 Å². The summed E-state index contributed by atoms with van der Waals surface area (Å²) in [6.07, 6.45) is 1.58. The molecule has 0 aliphatic heterocycles. The van der Waals surface area contributed by atoms with Gasteiger partial charge in [-0.3, -0.25) is 4.79 Å². The van der Waals surface area contributed by atoms with Crippen LogP contribution in [0.2, 0.25) is 0 Å². The maximum atomic E-state index is 13.5. The minimum Gasteiger partial charge on any atom is -0.299 e. The SMILES string of the molecule is O=C(Cc1c(F)ccc(Br)c1F)C1CC1. The Morgan fingerprint density at radius 1 is 1.40 bits per heavy atom. The zero-order valence-electron chi connectivity index (χ0n) is 7.90. The number of halogens is 3. The molecule has 2 rings (SSSR count). The van der Waals surface area contributed by atoms with Crippen LogP contribution >= 0.6 is 15.9 Å². The van der Waals surface area contributed by atoms with Crippen LogP contribution in [0.15, 0.2) is 16.6 Å². The lowest BCUT2D eigenvalue weighted by atomic mass is 10.1. The predicted molar refractivity (Wildman–Crippen MR) is 55.5 cm³/mol. The summed E-state index contributed by atoms with van der Waals surface area (Å²) in [4.78, 5) is 11.4. The maximum Gasteiger partial charge on any atom is 0.143 e. The van der Waals surface area contributed by atoms with E-state index in [-0.39, 0.29) is 28.2 Å². The van der Waals surface area contributed by atoms with Crippen LogP contribution in [0.4, 0.5) is 8.78 Å². The van der Waals surface area contributed by atoms with E-state index >= 15 is 0 Å². The molecule has 1 aromatic rings. The Hall–Kier alpha value is -0.770. The average Bonchev–Trinajstić information content (AvgIpc) is 3.02. The summed E-state index contributed by atoms with van der Waals surface area (Å²) in [7, 11) is 0. The number of rotatable bonds is 3. The van der Waals surface area contributed by atoms with E-state index in [1.54, 1.807) is 0 Å². The van der Waals surface area contributed by atoms with Gasteiger partial charge in [0.25, 0.3) is 0 Å². The summed E-state index contributed by atoms with van der Waals surface area (Å²) in [5.41, 5.74) is -0.124. The molecule has 4 heteroatoms. The minimum atomic E-state index is -0.663. The molecular formula is C11H9BrF2O. The van der Waals surface area contributed by atoms with E-state index in [9.17, 15) is 13.6 Å². The van der Waals surface area contributed by atoms with Gasteiger partial charge in [-0.2, -0.15) is 0 Å². The molecule has 15 heavy (non-hydrogen) atoms. The topological polar surface area (TPSA) is 17.1 Å². The second kappa shape index (κ2) is 4.00. The molecule has 1 fully saturated rings. The van der Waals surface area contributed by atoms with Gasteiger partial charge in [0.1, 0.15) is 17.4 Å². The van der Waals surface area contributed by atoms with Crippen molar-refractivity contribution >= 4 is 21.7 Å². The third kappa shape index (κ3) is 2.25. The van der Waals surface area contributed by atoms with Crippen LogP contribution in [0.25, 0.3) is 0 Å². The first kappa shape index (κ1) is 10.7. The number of carbonyl (C=O) groups excluding carboxylic acids is 1. The first-order valence-electron chi connectivity index (χ1n) is 4.74. The molecule has 0 heterocycles. The largest absolute Gasteiger partial charge is 0.299 e. The van der Waals surface area contributed by atoms with Crippen LogP contribution < -0.4 is 0 Å². The summed E-state index contributed by atoms with van der Waals surface area (Å²) in [5, 5.41) is 0. The standard InChI is InChI=1S/C11H9BrF2O/c12-8-3-4-9(13)7(11(8)14)5-10(15)6-1-2-6/h3-4,6H,1-2,5H2. The van der Waals surface area contributed by atoms with Gasteiger partial charge < -0.3 is 0 Å². The molecule has 0 amide bonds. The van der Waals surface area contributed by atoms with Gasteiger partial charge in [-0.05, 0) is 40.9 Å². The molecule has 0 N–H and O–H groups in total. The molecular weight excluding hydrogens is 266 g/mol. The van der Waals surface area contributed by atoms with Crippen molar-refractivity contribution in [3.63, 3.8) is 0 Å². The number of hydrogen-bond donors (Lipinski definition) is 0. The Kier molecular flexibility index (Phi) is 2.87. The number of Topliss-reactive ketones (excluding diaryl/α,β-unsaturated/α-hetero) is 1. The molecule has 1 nitrogen and oxygen atoms in total. The van der Waals surface area contributed by atoms with E-state index in [0.29, 0.717) is 0 Å². The van der Waals surface area contributed by atoms with E-state index in [2.05, 4.69) is 15.9 Å². The molecule has 0 saturated heterocycles. The van der Waals surface area contributed by atoms with Gasteiger partial charge in [0.05, 0.1) is 4.47 Å². The molecule has 0 unspecified atom stereocenters. The van der Waals surface area contributed by atoms with Gasteiger partial charge in [-0.25, -0.2) is 8.78 Å². The van der Waals surface area contributed by atoms with Crippen molar-refractivity contribution in [2.24, 2.45) is 5.92 Å². The summed E-state index contributed by atoms with van der Waals surface area (Å²) in [6, 6.07) is 2.47. The van der Waals surface area contributed by atoms with E-state index in [4.69, 9.17) is 0 Å². The van der Waals surface area contributed by atoms with Crippen molar-refractivity contribution in [3.05, 3.63) is 33.8 Å². The fourth-order valence-corrected chi connectivity index (χ4v) is 1.83. The third-order valence-corrected chi connectivity index (χ3v) is 3.14. The summed E-state index contributed by atoms with van der Waals surface area (Å²) in [6.45, 7) is 0. The van der Waals surface area contributed by atoms with Gasteiger partial charge in [-0.15, -0.1) is 0 Å². The average molecular weight is 275 g/mol. The van der Waals surface area contributed by atoms with Crippen LogP contribution in [0, 0.1) is 17.6 Å². The molecule has 0 atom stereocenters. The number of ketones is 1. The van der Waals surface area contributed by atoms with Crippen molar-refractivity contribution < 1.29 is 13.6 Å². The lowest BCUT2D eigenvalue weighted by Gasteiger charge is -2.05. The summed E-state index contributed by atoms with van der Waals surface area (Å²) < 4.78 is 26.9. The second-order valence-electron chi connectivity index (χ2n) is 3.74. The Morgan fingerprint density at radius 2 is 2.07 bits per heavy atom. The van der Waals surface area contributed by atoms with Gasteiger partial charge in [0, 0.05) is 17.9 Å². The smallest absolute Gasteiger partial charge is 0.143 e. The Labute approximate surface area is 94.6 Å². The Morgan fingerprint density at radius 3 is 2.67 bits per heavy atom. The normalized spacial score (nSPS) is 15.4. The first-order valence-corrected chi connectivity index (χ1v) is 5.54. The number of carbonyl (C=O) groups is 1. The van der Waals surface area contributed by atoms with Gasteiger partial charge in [0.15, 0.2) is 0 Å². The molecule has 1 aliphatic rings.